The lowest BCUT2D eigenvalue weighted by molar-refractivity contribution is -0.142. The summed E-state index contributed by atoms with van der Waals surface area (Å²) < 4.78 is 25.6. The highest BCUT2D eigenvalue weighted by Crippen LogP contribution is 2.11. The summed E-state index contributed by atoms with van der Waals surface area (Å²) in [6.45, 7) is 5.84. The molecule has 0 aliphatic carbocycles. The van der Waals surface area contributed by atoms with E-state index < -0.39 is 21.9 Å². The number of carbonyl (C=O) groups is 1. The monoisotopic (exact) mass is 279 g/mol. The normalized spacial score (nSPS) is 13.8. The van der Waals surface area contributed by atoms with Crippen molar-refractivity contribution in [1.82, 2.24) is 4.72 Å². The van der Waals surface area contributed by atoms with E-state index in [2.05, 4.69) is 4.72 Å². The van der Waals surface area contributed by atoms with Crippen LogP contribution in [0.4, 0.5) is 0 Å². The Kier molecular flexibility index (Phi) is 8.18. The molecular weight excluding hydrogens is 254 g/mol. The molecule has 0 aromatic heterocycles. The first kappa shape index (κ1) is 17.4. The van der Waals surface area contributed by atoms with E-state index in [0.29, 0.717) is 12.8 Å². The molecule has 6 heteroatoms. The minimum Gasteiger partial charge on any atom is -0.481 e. The van der Waals surface area contributed by atoms with Crippen molar-refractivity contribution < 1.29 is 18.3 Å². The van der Waals surface area contributed by atoms with Crippen molar-refractivity contribution in [3.63, 3.8) is 0 Å². The number of sulfonamides is 1. The molecule has 1 atom stereocenters. The first-order chi connectivity index (χ1) is 8.28. The molecule has 108 valence electrons. The summed E-state index contributed by atoms with van der Waals surface area (Å²) in [5.74, 6) is -1.28. The lowest BCUT2D eigenvalue weighted by Gasteiger charge is -2.15. The molecule has 0 aliphatic heterocycles. The van der Waals surface area contributed by atoms with E-state index in [1.807, 2.05) is 20.8 Å². The van der Waals surface area contributed by atoms with E-state index in [1.165, 1.54) is 0 Å². The molecule has 5 nitrogen and oxygen atoms in total. The first-order valence-corrected chi connectivity index (χ1v) is 8.13. The van der Waals surface area contributed by atoms with Gasteiger partial charge in [-0.05, 0) is 18.8 Å². The quantitative estimate of drug-likeness (QED) is 0.598. The van der Waals surface area contributed by atoms with E-state index in [0.717, 1.165) is 12.8 Å². The fraction of sp³-hybridized carbons (Fsp3) is 0.917. The molecule has 0 bridgehead atoms. The minimum atomic E-state index is -3.33. The van der Waals surface area contributed by atoms with Gasteiger partial charge in [-0.15, -0.1) is 0 Å². The summed E-state index contributed by atoms with van der Waals surface area (Å²) in [7, 11) is -3.33. The number of rotatable bonds is 10. The predicted molar refractivity (Wildman–Crippen MR) is 71.9 cm³/mol. The molecular formula is C12H25NO4S. The number of aliphatic carboxylic acids is 1. The van der Waals surface area contributed by atoms with Crippen molar-refractivity contribution in [2.24, 2.45) is 11.8 Å². The molecule has 0 aliphatic rings. The Labute approximate surface area is 110 Å². The van der Waals surface area contributed by atoms with Gasteiger partial charge in [0, 0.05) is 6.54 Å². The van der Waals surface area contributed by atoms with E-state index in [4.69, 9.17) is 5.11 Å². The molecule has 0 aromatic carbocycles. The van der Waals surface area contributed by atoms with Gasteiger partial charge in [0.15, 0.2) is 0 Å². The summed E-state index contributed by atoms with van der Waals surface area (Å²) in [5.41, 5.74) is 0. The Morgan fingerprint density at radius 2 is 1.89 bits per heavy atom. The first-order valence-electron chi connectivity index (χ1n) is 6.48. The molecule has 0 aromatic rings. The van der Waals surface area contributed by atoms with E-state index in [9.17, 15) is 13.2 Å². The summed E-state index contributed by atoms with van der Waals surface area (Å²) >= 11 is 0. The highest BCUT2D eigenvalue weighted by atomic mass is 32.2. The van der Waals surface area contributed by atoms with Crippen molar-refractivity contribution in [2.45, 2.75) is 46.5 Å². The van der Waals surface area contributed by atoms with Crippen molar-refractivity contribution in [3.8, 4) is 0 Å². The average molecular weight is 279 g/mol. The van der Waals surface area contributed by atoms with Crippen LogP contribution >= 0.6 is 0 Å². The second-order valence-corrected chi connectivity index (χ2v) is 6.97. The van der Waals surface area contributed by atoms with Gasteiger partial charge in [0.1, 0.15) is 0 Å². The Hall–Kier alpha value is -0.620. The van der Waals surface area contributed by atoms with Crippen molar-refractivity contribution in [3.05, 3.63) is 0 Å². The van der Waals surface area contributed by atoms with Gasteiger partial charge in [-0.2, -0.15) is 0 Å². The zero-order valence-electron chi connectivity index (χ0n) is 11.5. The third-order valence-corrected chi connectivity index (χ3v) is 4.10. The third-order valence-electron chi connectivity index (χ3n) is 2.67. The average Bonchev–Trinajstić information content (AvgIpc) is 2.23. The van der Waals surface area contributed by atoms with Crippen LogP contribution in [0.2, 0.25) is 0 Å². The highest BCUT2D eigenvalue weighted by molar-refractivity contribution is 7.89. The van der Waals surface area contributed by atoms with Crippen molar-refractivity contribution >= 4 is 16.0 Å². The number of nitrogens with one attached hydrogen (secondary N) is 1. The van der Waals surface area contributed by atoms with Crippen LogP contribution < -0.4 is 4.72 Å². The van der Waals surface area contributed by atoms with Crippen LogP contribution in [-0.4, -0.2) is 31.8 Å². The summed E-state index contributed by atoms with van der Waals surface area (Å²) in [6.07, 6.45) is 2.93. The van der Waals surface area contributed by atoms with Crippen LogP contribution in [-0.2, 0) is 14.8 Å². The van der Waals surface area contributed by atoms with Crippen LogP contribution in [0.25, 0.3) is 0 Å². The molecule has 0 spiro atoms. The van der Waals surface area contributed by atoms with Crippen LogP contribution in [0.15, 0.2) is 0 Å². The second-order valence-electron chi connectivity index (χ2n) is 5.04. The highest BCUT2D eigenvalue weighted by Gasteiger charge is 2.21. The Bertz CT molecular complexity index is 338. The largest absolute Gasteiger partial charge is 0.481 e. The van der Waals surface area contributed by atoms with Gasteiger partial charge in [-0.25, -0.2) is 13.1 Å². The van der Waals surface area contributed by atoms with Gasteiger partial charge in [0.25, 0.3) is 0 Å². The third kappa shape index (κ3) is 8.47. The fourth-order valence-electron chi connectivity index (χ4n) is 1.68. The van der Waals surface area contributed by atoms with Gasteiger partial charge in [0.2, 0.25) is 10.0 Å². The molecule has 1 unspecified atom stereocenters. The maximum atomic E-state index is 11.6. The lowest BCUT2D eigenvalue weighted by atomic mass is 9.98. The molecule has 0 amide bonds. The maximum Gasteiger partial charge on any atom is 0.307 e. The summed E-state index contributed by atoms with van der Waals surface area (Å²) in [4.78, 5) is 11.0. The molecule has 0 heterocycles. The molecule has 0 saturated heterocycles. The maximum absolute atomic E-state index is 11.6. The van der Waals surface area contributed by atoms with Crippen LogP contribution in [0.5, 0.6) is 0 Å². The number of hydrogen-bond acceptors (Lipinski definition) is 3. The molecule has 0 rings (SSSR count). The molecule has 0 radical (unpaired) electrons. The standard InChI is InChI=1S/C12H25NO4S/c1-4-5-6-7-18(16,17)13-9-11(12(14)15)8-10(2)3/h10-11,13H,4-9H2,1-3H3,(H,14,15). The van der Waals surface area contributed by atoms with Gasteiger partial charge in [-0.3, -0.25) is 4.79 Å². The number of carboxylic acids is 1. The number of unbranched alkanes of at least 4 members (excludes halogenated alkanes) is 2. The van der Waals surface area contributed by atoms with Crippen LogP contribution in [0.1, 0.15) is 46.5 Å². The SMILES string of the molecule is CCCCCS(=O)(=O)NCC(CC(C)C)C(=O)O. The van der Waals surface area contributed by atoms with Gasteiger partial charge < -0.3 is 5.11 Å². The number of carboxylic acid groups (broad SMARTS) is 1. The van der Waals surface area contributed by atoms with Gasteiger partial charge in [0.05, 0.1) is 11.7 Å². The summed E-state index contributed by atoms with van der Waals surface area (Å²) in [6, 6.07) is 0. The van der Waals surface area contributed by atoms with Crippen molar-refractivity contribution in [2.75, 3.05) is 12.3 Å². The van der Waals surface area contributed by atoms with E-state index in [-0.39, 0.29) is 18.2 Å². The summed E-state index contributed by atoms with van der Waals surface area (Å²) in [5, 5.41) is 9.00. The smallest absolute Gasteiger partial charge is 0.307 e. The predicted octanol–water partition coefficient (Wildman–Crippen LogP) is 1.84. The molecule has 0 saturated carbocycles. The fourth-order valence-corrected chi connectivity index (χ4v) is 2.87. The van der Waals surface area contributed by atoms with E-state index >= 15 is 0 Å². The zero-order valence-corrected chi connectivity index (χ0v) is 12.3. The van der Waals surface area contributed by atoms with Gasteiger partial charge >= 0.3 is 5.97 Å². The van der Waals surface area contributed by atoms with Crippen LogP contribution in [0, 0.1) is 11.8 Å². The Morgan fingerprint density at radius 3 is 2.33 bits per heavy atom. The van der Waals surface area contributed by atoms with E-state index in [1.54, 1.807) is 0 Å². The van der Waals surface area contributed by atoms with Crippen molar-refractivity contribution in [1.29, 1.82) is 0 Å². The second kappa shape index (κ2) is 8.48. The topological polar surface area (TPSA) is 83.5 Å². The van der Waals surface area contributed by atoms with Gasteiger partial charge in [-0.1, -0.05) is 33.6 Å². The lowest BCUT2D eigenvalue weighted by Crippen LogP contribution is -2.35. The molecule has 18 heavy (non-hydrogen) atoms. The minimum absolute atomic E-state index is 0.0119. The molecule has 0 fully saturated rings. The number of hydrogen-bond donors (Lipinski definition) is 2. The zero-order chi connectivity index (χ0) is 14.2. The Balaban J connectivity index is 4.20. The molecule has 2 N–H and O–H groups in total. The Morgan fingerprint density at radius 1 is 1.28 bits per heavy atom. The van der Waals surface area contributed by atoms with Crippen LogP contribution in [0.3, 0.4) is 0 Å².